The van der Waals surface area contributed by atoms with E-state index < -0.39 is 0 Å². The average molecular weight is 289 g/mol. The third-order valence-electron chi connectivity index (χ3n) is 5.12. The first-order valence-electron chi connectivity index (χ1n) is 8.33. The molecule has 0 bridgehead atoms. The van der Waals surface area contributed by atoms with Crippen molar-refractivity contribution in [3.63, 3.8) is 0 Å². The van der Waals surface area contributed by atoms with Crippen molar-refractivity contribution in [2.45, 2.75) is 52.2 Å². The molecule has 2 N–H and O–H groups in total. The number of aryl methyl sites for hydroxylation is 1. The van der Waals surface area contributed by atoms with Crippen molar-refractivity contribution in [3.05, 3.63) is 35.4 Å². The van der Waals surface area contributed by atoms with Crippen LogP contribution >= 0.6 is 0 Å². The van der Waals surface area contributed by atoms with Gasteiger partial charge >= 0.3 is 0 Å². The summed E-state index contributed by atoms with van der Waals surface area (Å²) in [7, 11) is 0. The summed E-state index contributed by atoms with van der Waals surface area (Å²) in [4.78, 5) is 5.14. The van der Waals surface area contributed by atoms with Crippen molar-refractivity contribution in [1.82, 2.24) is 9.80 Å². The standard InChI is InChI=1S/C18H31N3/c1-5-15(3)20-10-12-21(13-11-20)16(4)18(19)17-8-6-14(2)7-9-17/h6-9,15-16,18H,5,10-13,19H2,1-4H3. The molecule has 0 spiro atoms. The van der Waals surface area contributed by atoms with Crippen LogP contribution in [0.25, 0.3) is 0 Å². The van der Waals surface area contributed by atoms with Crippen LogP contribution in [-0.4, -0.2) is 48.1 Å². The van der Waals surface area contributed by atoms with Gasteiger partial charge in [-0.2, -0.15) is 0 Å². The van der Waals surface area contributed by atoms with E-state index in [0.717, 1.165) is 13.1 Å². The predicted octanol–water partition coefficient (Wildman–Crippen LogP) is 2.80. The lowest BCUT2D eigenvalue weighted by Crippen LogP contribution is -2.53. The lowest BCUT2D eigenvalue weighted by atomic mass is 9.98. The van der Waals surface area contributed by atoms with E-state index in [4.69, 9.17) is 5.73 Å². The van der Waals surface area contributed by atoms with Gasteiger partial charge in [0, 0.05) is 44.3 Å². The fraction of sp³-hybridized carbons (Fsp3) is 0.667. The first-order valence-corrected chi connectivity index (χ1v) is 8.33. The summed E-state index contributed by atoms with van der Waals surface area (Å²) in [6.07, 6.45) is 1.23. The largest absolute Gasteiger partial charge is 0.323 e. The van der Waals surface area contributed by atoms with Crippen molar-refractivity contribution in [1.29, 1.82) is 0 Å². The summed E-state index contributed by atoms with van der Waals surface area (Å²) in [6.45, 7) is 13.6. The van der Waals surface area contributed by atoms with Crippen LogP contribution in [0.5, 0.6) is 0 Å². The minimum absolute atomic E-state index is 0.0979. The summed E-state index contributed by atoms with van der Waals surface area (Å²) in [5.74, 6) is 0. The summed E-state index contributed by atoms with van der Waals surface area (Å²) >= 11 is 0. The molecular formula is C18H31N3. The third-order valence-corrected chi connectivity index (χ3v) is 5.12. The molecule has 0 aromatic heterocycles. The van der Waals surface area contributed by atoms with Gasteiger partial charge in [-0.25, -0.2) is 0 Å². The first kappa shape index (κ1) is 16.5. The maximum Gasteiger partial charge on any atom is 0.0450 e. The van der Waals surface area contributed by atoms with Gasteiger partial charge in [0.05, 0.1) is 0 Å². The molecule has 0 amide bonds. The van der Waals surface area contributed by atoms with Gasteiger partial charge in [-0.3, -0.25) is 9.80 Å². The Morgan fingerprint density at radius 3 is 2.05 bits per heavy atom. The highest BCUT2D eigenvalue weighted by Gasteiger charge is 2.26. The molecule has 1 aromatic rings. The van der Waals surface area contributed by atoms with E-state index in [0.29, 0.717) is 12.1 Å². The SMILES string of the molecule is CCC(C)N1CCN(C(C)C(N)c2ccc(C)cc2)CC1. The van der Waals surface area contributed by atoms with Gasteiger partial charge in [-0.15, -0.1) is 0 Å². The quantitative estimate of drug-likeness (QED) is 0.904. The third kappa shape index (κ3) is 4.06. The molecule has 2 rings (SSSR count). The van der Waals surface area contributed by atoms with Crippen LogP contribution < -0.4 is 5.73 Å². The van der Waals surface area contributed by atoms with Crippen LogP contribution in [0.4, 0.5) is 0 Å². The molecule has 21 heavy (non-hydrogen) atoms. The van der Waals surface area contributed by atoms with Gasteiger partial charge in [-0.1, -0.05) is 36.8 Å². The van der Waals surface area contributed by atoms with Crippen LogP contribution in [0.2, 0.25) is 0 Å². The lowest BCUT2D eigenvalue weighted by molar-refractivity contribution is 0.0695. The minimum Gasteiger partial charge on any atom is -0.323 e. The molecule has 3 unspecified atom stereocenters. The van der Waals surface area contributed by atoms with Crippen LogP contribution in [0.15, 0.2) is 24.3 Å². The first-order chi connectivity index (χ1) is 10.0. The maximum atomic E-state index is 6.48. The number of rotatable bonds is 5. The Balaban J connectivity index is 1.92. The van der Waals surface area contributed by atoms with E-state index in [2.05, 4.69) is 61.8 Å². The van der Waals surface area contributed by atoms with E-state index in [-0.39, 0.29) is 6.04 Å². The minimum atomic E-state index is 0.0979. The zero-order valence-corrected chi connectivity index (χ0v) is 14.0. The van der Waals surface area contributed by atoms with E-state index in [9.17, 15) is 0 Å². The number of nitrogens with zero attached hydrogens (tertiary/aromatic N) is 2. The molecule has 3 nitrogen and oxygen atoms in total. The number of piperazine rings is 1. The molecule has 118 valence electrons. The van der Waals surface area contributed by atoms with Gasteiger partial charge < -0.3 is 5.73 Å². The van der Waals surface area contributed by atoms with E-state index in [1.807, 2.05) is 0 Å². The maximum absolute atomic E-state index is 6.48. The highest BCUT2D eigenvalue weighted by molar-refractivity contribution is 5.24. The Morgan fingerprint density at radius 2 is 1.52 bits per heavy atom. The van der Waals surface area contributed by atoms with Gasteiger partial charge in [0.1, 0.15) is 0 Å². The van der Waals surface area contributed by atoms with E-state index in [1.165, 1.54) is 30.6 Å². The van der Waals surface area contributed by atoms with Gasteiger partial charge in [0.15, 0.2) is 0 Å². The zero-order valence-electron chi connectivity index (χ0n) is 14.0. The molecule has 1 fully saturated rings. The second-order valence-electron chi connectivity index (χ2n) is 6.51. The molecule has 1 heterocycles. The molecule has 1 saturated heterocycles. The fourth-order valence-corrected chi connectivity index (χ4v) is 3.14. The highest BCUT2D eigenvalue weighted by Crippen LogP contribution is 2.21. The molecule has 1 aromatic carbocycles. The van der Waals surface area contributed by atoms with E-state index in [1.54, 1.807) is 0 Å². The zero-order chi connectivity index (χ0) is 15.4. The van der Waals surface area contributed by atoms with Crippen LogP contribution in [0, 0.1) is 6.92 Å². The normalized spacial score (nSPS) is 22.0. The fourth-order valence-electron chi connectivity index (χ4n) is 3.14. The summed E-state index contributed by atoms with van der Waals surface area (Å²) in [5.41, 5.74) is 9.02. The number of hydrogen-bond donors (Lipinski definition) is 1. The molecule has 1 aliphatic heterocycles. The molecule has 3 atom stereocenters. The van der Waals surface area contributed by atoms with Crippen LogP contribution in [0.3, 0.4) is 0 Å². The van der Waals surface area contributed by atoms with Crippen molar-refractivity contribution in [2.24, 2.45) is 5.73 Å². The van der Waals surface area contributed by atoms with E-state index >= 15 is 0 Å². The Labute approximate surface area is 130 Å². The number of hydrogen-bond acceptors (Lipinski definition) is 3. The Bertz CT molecular complexity index is 421. The molecule has 0 saturated carbocycles. The second-order valence-corrected chi connectivity index (χ2v) is 6.51. The van der Waals surface area contributed by atoms with Crippen LogP contribution in [-0.2, 0) is 0 Å². The van der Waals surface area contributed by atoms with Crippen molar-refractivity contribution < 1.29 is 0 Å². The molecule has 0 aliphatic carbocycles. The summed E-state index contributed by atoms with van der Waals surface area (Å²) in [6, 6.07) is 9.85. The average Bonchev–Trinajstić information content (AvgIpc) is 2.53. The predicted molar refractivity (Wildman–Crippen MR) is 90.5 cm³/mol. The van der Waals surface area contributed by atoms with Gasteiger partial charge in [0.2, 0.25) is 0 Å². The van der Waals surface area contributed by atoms with Crippen LogP contribution in [0.1, 0.15) is 44.4 Å². The van der Waals surface area contributed by atoms with Crippen molar-refractivity contribution >= 4 is 0 Å². The van der Waals surface area contributed by atoms with Gasteiger partial charge in [0.25, 0.3) is 0 Å². The topological polar surface area (TPSA) is 32.5 Å². The van der Waals surface area contributed by atoms with Gasteiger partial charge in [-0.05, 0) is 32.8 Å². The highest BCUT2D eigenvalue weighted by atomic mass is 15.3. The Kier molecular flexibility index (Phi) is 5.80. The van der Waals surface area contributed by atoms with Crippen molar-refractivity contribution in [2.75, 3.05) is 26.2 Å². The summed E-state index contributed by atoms with van der Waals surface area (Å²) < 4.78 is 0. The summed E-state index contributed by atoms with van der Waals surface area (Å²) in [5, 5.41) is 0. The molecular weight excluding hydrogens is 258 g/mol. The molecule has 0 radical (unpaired) electrons. The number of benzene rings is 1. The Hall–Kier alpha value is -0.900. The second kappa shape index (κ2) is 7.39. The number of nitrogens with two attached hydrogens (primary N) is 1. The molecule has 3 heteroatoms. The molecule has 1 aliphatic rings. The smallest absolute Gasteiger partial charge is 0.0450 e. The van der Waals surface area contributed by atoms with Crippen molar-refractivity contribution in [3.8, 4) is 0 Å². The monoisotopic (exact) mass is 289 g/mol. The Morgan fingerprint density at radius 1 is 1.00 bits per heavy atom. The lowest BCUT2D eigenvalue weighted by Gasteiger charge is -2.42.